The molecule has 2 aromatic carbocycles. The van der Waals surface area contributed by atoms with Crippen LogP contribution in [0.3, 0.4) is 0 Å². The van der Waals surface area contributed by atoms with Crippen molar-refractivity contribution in [2.45, 2.75) is 19.4 Å². The van der Waals surface area contributed by atoms with Gasteiger partial charge in [-0.1, -0.05) is 48.5 Å². The summed E-state index contributed by atoms with van der Waals surface area (Å²) >= 11 is 5.63. The van der Waals surface area contributed by atoms with E-state index in [1.54, 1.807) is 0 Å². The normalized spacial score (nSPS) is 12.4. The van der Waals surface area contributed by atoms with Gasteiger partial charge in [0.25, 0.3) is 0 Å². The molecule has 1 nitrogen and oxygen atoms in total. The fourth-order valence-electron chi connectivity index (χ4n) is 2.04. The van der Waals surface area contributed by atoms with E-state index in [1.165, 1.54) is 16.7 Å². The molecule has 0 fully saturated rings. The first-order valence-corrected chi connectivity index (χ1v) is 6.63. The van der Waals surface area contributed by atoms with Gasteiger partial charge in [0, 0.05) is 5.88 Å². The zero-order valence-electron chi connectivity index (χ0n) is 10.4. The van der Waals surface area contributed by atoms with Crippen molar-refractivity contribution in [3.8, 4) is 11.1 Å². The number of rotatable bonds is 4. The predicted octanol–water partition coefficient (Wildman–Crippen LogP) is 3.80. The van der Waals surface area contributed by atoms with Crippen molar-refractivity contribution in [3.63, 3.8) is 0 Å². The number of aryl methyl sites for hydroxylation is 1. The van der Waals surface area contributed by atoms with Gasteiger partial charge in [-0.3, -0.25) is 0 Å². The number of benzene rings is 2. The molecule has 2 heteroatoms. The lowest BCUT2D eigenvalue weighted by atomic mass is 9.97. The molecule has 0 radical (unpaired) electrons. The van der Waals surface area contributed by atoms with E-state index in [2.05, 4.69) is 37.3 Å². The zero-order chi connectivity index (χ0) is 13.0. The summed E-state index contributed by atoms with van der Waals surface area (Å²) in [6.07, 6.45) is 0.151. The van der Waals surface area contributed by atoms with Crippen molar-refractivity contribution < 1.29 is 5.11 Å². The van der Waals surface area contributed by atoms with Crippen LogP contribution < -0.4 is 0 Å². The SMILES string of the molecule is Cc1cc(-c2ccccc2)ccc1C[C@@H](O)CCl. The van der Waals surface area contributed by atoms with E-state index in [9.17, 15) is 5.11 Å². The van der Waals surface area contributed by atoms with E-state index in [4.69, 9.17) is 11.6 Å². The third-order valence-electron chi connectivity index (χ3n) is 3.08. The Labute approximate surface area is 113 Å². The monoisotopic (exact) mass is 260 g/mol. The number of hydrogen-bond donors (Lipinski definition) is 1. The van der Waals surface area contributed by atoms with Gasteiger partial charge in [0.2, 0.25) is 0 Å². The standard InChI is InChI=1S/C16H17ClO/c1-12-9-15(13-5-3-2-4-6-13)8-7-14(12)10-16(18)11-17/h2-9,16,18H,10-11H2,1H3/t16-/m1/s1. The number of hydrogen-bond acceptors (Lipinski definition) is 1. The molecule has 0 saturated carbocycles. The highest BCUT2D eigenvalue weighted by atomic mass is 35.5. The van der Waals surface area contributed by atoms with Crippen LogP contribution in [0, 0.1) is 6.92 Å². The van der Waals surface area contributed by atoms with Crippen molar-refractivity contribution in [1.82, 2.24) is 0 Å². The van der Waals surface area contributed by atoms with Crippen molar-refractivity contribution in [2.75, 3.05) is 5.88 Å². The van der Waals surface area contributed by atoms with E-state index in [0.29, 0.717) is 6.42 Å². The third kappa shape index (κ3) is 3.12. The third-order valence-corrected chi connectivity index (χ3v) is 3.44. The highest BCUT2D eigenvalue weighted by Crippen LogP contribution is 2.22. The first-order chi connectivity index (χ1) is 8.70. The fraction of sp³-hybridized carbons (Fsp3) is 0.250. The molecule has 18 heavy (non-hydrogen) atoms. The van der Waals surface area contributed by atoms with Crippen LogP contribution in [0.15, 0.2) is 48.5 Å². The maximum absolute atomic E-state index is 9.59. The molecule has 0 bridgehead atoms. The number of aliphatic hydroxyl groups excluding tert-OH is 1. The average molecular weight is 261 g/mol. The molecule has 0 heterocycles. The minimum absolute atomic E-state index is 0.278. The van der Waals surface area contributed by atoms with Crippen LogP contribution in [-0.4, -0.2) is 17.1 Å². The second-order valence-corrected chi connectivity index (χ2v) is 4.83. The quantitative estimate of drug-likeness (QED) is 0.829. The van der Waals surface area contributed by atoms with Crippen molar-refractivity contribution in [2.24, 2.45) is 0 Å². The predicted molar refractivity (Wildman–Crippen MR) is 77.0 cm³/mol. The number of alkyl halides is 1. The molecule has 94 valence electrons. The first-order valence-electron chi connectivity index (χ1n) is 6.09. The molecule has 0 aliphatic heterocycles. The van der Waals surface area contributed by atoms with Crippen molar-refractivity contribution >= 4 is 11.6 Å². The van der Waals surface area contributed by atoms with Gasteiger partial charge in [0.15, 0.2) is 0 Å². The van der Waals surface area contributed by atoms with Crippen LogP contribution in [-0.2, 0) is 6.42 Å². The Balaban J connectivity index is 2.25. The summed E-state index contributed by atoms with van der Waals surface area (Å²) in [4.78, 5) is 0. The number of halogens is 1. The van der Waals surface area contributed by atoms with Crippen LogP contribution in [0.2, 0.25) is 0 Å². The molecule has 0 aromatic heterocycles. The summed E-state index contributed by atoms with van der Waals surface area (Å²) in [5.41, 5.74) is 4.77. The Bertz CT molecular complexity index is 508. The molecule has 0 spiro atoms. The van der Waals surface area contributed by atoms with E-state index in [0.717, 1.165) is 5.56 Å². The molecule has 0 saturated heterocycles. The average Bonchev–Trinajstić information content (AvgIpc) is 2.42. The Morgan fingerprint density at radius 3 is 2.39 bits per heavy atom. The van der Waals surface area contributed by atoms with E-state index in [-0.39, 0.29) is 5.88 Å². The summed E-state index contributed by atoms with van der Waals surface area (Å²) < 4.78 is 0. The smallest absolute Gasteiger partial charge is 0.0715 e. The second-order valence-electron chi connectivity index (χ2n) is 4.52. The zero-order valence-corrected chi connectivity index (χ0v) is 11.2. The molecule has 0 amide bonds. The summed E-state index contributed by atoms with van der Waals surface area (Å²) in [7, 11) is 0. The number of aliphatic hydroxyl groups is 1. The van der Waals surface area contributed by atoms with Gasteiger partial charge in [0.1, 0.15) is 0 Å². The van der Waals surface area contributed by atoms with E-state index < -0.39 is 6.10 Å². The fourth-order valence-corrected chi connectivity index (χ4v) is 2.15. The summed E-state index contributed by atoms with van der Waals surface area (Å²) in [5.74, 6) is 0.278. The summed E-state index contributed by atoms with van der Waals surface area (Å²) in [6, 6.07) is 16.6. The molecule has 2 rings (SSSR count). The highest BCUT2D eigenvalue weighted by Gasteiger charge is 2.07. The van der Waals surface area contributed by atoms with Gasteiger partial charge in [0.05, 0.1) is 6.10 Å². The molecule has 1 N–H and O–H groups in total. The Morgan fingerprint density at radius 2 is 1.78 bits per heavy atom. The largest absolute Gasteiger partial charge is 0.392 e. The van der Waals surface area contributed by atoms with E-state index in [1.807, 2.05) is 18.2 Å². The minimum Gasteiger partial charge on any atom is -0.392 e. The van der Waals surface area contributed by atoms with Crippen LogP contribution in [0.1, 0.15) is 11.1 Å². The molecule has 1 atom stereocenters. The lowest BCUT2D eigenvalue weighted by Crippen LogP contribution is -2.12. The van der Waals surface area contributed by atoms with Gasteiger partial charge < -0.3 is 5.11 Å². The van der Waals surface area contributed by atoms with Crippen LogP contribution in [0.4, 0.5) is 0 Å². The molecular formula is C16H17ClO. The minimum atomic E-state index is -0.465. The molecular weight excluding hydrogens is 244 g/mol. The highest BCUT2D eigenvalue weighted by molar-refractivity contribution is 6.18. The van der Waals surface area contributed by atoms with Crippen LogP contribution in [0.5, 0.6) is 0 Å². The van der Waals surface area contributed by atoms with Crippen LogP contribution in [0.25, 0.3) is 11.1 Å². The summed E-state index contributed by atoms with van der Waals surface area (Å²) in [5, 5.41) is 9.59. The Kier molecular flexibility index (Phi) is 4.40. The van der Waals surface area contributed by atoms with Gasteiger partial charge >= 0.3 is 0 Å². The van der Waals surface area contributed by atoms with Crippen molar-refractivity contribution in [3.05, 3.63) is 59.7 Å². The Morgan fingerprint density at radius 1 is 1.06 bits per heavy atom. The maximum atomic E-state index is 9.59. The molecule has 0 unspecified atom stereocenters. The molecule has 0 aliphatic rings. The molecule has 2 aromatic rings. The van der Waals surface area contributed by atoms with Crippen LogP contribution >= 0.6 is 11.6 Å². The first kappa shape index (κ1) is 13.1. The summed E-state index contributed by atoms with van der Waals surface area (Å²) in [6.45, 7) is 2.07. The lowest BCUT2D eigenvalue weighted by molar-refractivity contribution is 0.198. The maximum Gasteiger partial charge on any atom is 0.0715 e. The topological polar surface area (TPSA) is 20.2 Å². The second kappa shape index (κ2) is 6.03. The Hall–Kier alpha value is -1.31. The van der Waals surface area contributed by atoms with Gasteiger partial charge in [-0.25, -0.2) is 0 Å². The lowest BCUT2D eigenvalue weighted by Gasteiger charge is -2.11. The van der Waals surface area contributed by atoms with Gasteiger partial charge in [-0.05, 0) is 35.6 Å². The van der Waals surface area contributed by atoms with E-state index >= 15 is 0 Å². The van der Waals surface area contributed by atoms with Gasteiger partial charge in [-0.15, -0.1) is 11.6 Å². The van der Waals surface area contributed by atoms with Gasteiger partial charge in [-0.2, -0.15) is 0 Å². The van der Waals surface area contributed by atoms with Crippen molar-refractivity contribution in [1.29, 1.82) is 0 Å². The molecule has 0 aliphatic carbocycles.